The minimum atomic E-state index is -4.31. The molecule has 0 bridgehead atoms. The summed E-state index contributed by atoms with van der Waals surface area (Å²) in [6.07, 6.45) is -0.0832. The number of guanidine groups is 1. The van der Waals surface area contributed by atoms with Crippen molar-refractivity contribution in [1.82, 2.24) is 10.6 Å². The number of alkyl halides is 3. The molecule has 0 spiro atoms. The number of hydrogen-bond donors (Lipinski definition) is 2. The lowest BCUT2D eigenvalue weighted by atomic mass is 10.1. The maximum atomic E-state index is 12.6. The molecular formula is C15H22F3N3S. The van der Waals surface area contributed by atoms with Gasteiger partial charge in [0, 0.05) is 20.1 Å². The summed E-state index contributed by atoms with van der Waals surface area (Å²) in [7, 11) is 1.64. The zero-order valence-corrected chi connectivity index (χ0v) is 13.7. The molecule has 0 saturated carbocycles. The van der Waals surface area contributed by atoms with Crippen molar-refractivity contribution in [3.05, 3.63) is 35.4 Å². The maximum Gasteiger partial charge on any atom is 0.416 e. The molecule has 0 aliphatic heterocycles. The van der Waals surface area contributed by atoms with E-state index < -0.39 is 11.7 Å². The summed E-state index contributed by atoms with van der Waals surface area (Å²) in [5.74, 6) is 1.72. The molecule has 0 radical (unpaired) electrons. The average molecular weight is 333 g/mol. The van der Waals surface area contributed by atoms with Gasteiger partial charge in [-0.05, 0) is 42.5 Å². The molecule has 124 valence electrons. The summed E-state index contributed by atoms with van der Waals surface area (Å²) in [4.78, 5) is 4.06. The summed E-state index contributed by atoms with van der Waals surface area (Å²) < 4.78 is 37.9. The van der Waals surface area contributed by atoms with Gasteiger partial charge < -0.3 is 10.6 Å². The molecular weight excluding hydrogens is 311 g/mol. The lowest BCUT2D eigenvalue weighted by molar-refractivity contribution is -0.137. The van der Waals surface area contributed by atoms with Gasteiger partial charge in [-0.25, -0.2) is 0 Å². The normalized spacial score (nSPS) is 12.3. The molecule has 2 N–H and O–H groups in total. The van der Waals surface area contributed by atoms with Crippen LogP contribution in [0.2, 0.25) is 0 Å². The van der Waals surface area contributed by atoms with Crippen molar-refractivity contribution in [3.8, 4) is 0 Å². The van der Waals surface area contributed by atoms with E-state index in [4.69, 9.17) is 0 Å². The van der Waals surface area contributed by atoms with Crippen LogP contribution in [0.4, 0.5) is 13.2 Å². The molecule has 0 unspecified atom stereocenters. The summed E-state index contributed by atoms with van der Waals surface area (Å²) in [6, 6.07) is 5.30. The average Bonchev–Trinajstić information content (AvgIpc) is 2.49. The van der Waals surface area contributed by atoms with E-state index in [1.165, 1.54) is 6.07 Å². The number of nitrogens with one attached hydrogen (secondary N) is 2. The Kier molecular flexibility index (Phi) is 8.16. The predicted molar refractivity (Wildman–Crippen MR) is 87.3 cm³/mol. The third-order valence-corrected chi connectivity index (χ3v) is 3.70. The number of unbranched alkanes of at least 4 members (excludes halogenated alkanes) is 1. The summed E-state index contributed by atoms with van der Waals surface area (Å²) in [6.45, 7) is 1.09. The van der Waals surface area contributed by atoms with E-state index in [9.17, 15) is 13.2 Å². The molecule has 0 atom stereocenters. The van der Waals surface area contributed by atoms with E-state index in [-0.39, 0.29) is 0 Å². The highest BCUT2D eigenvalue weighted by Gasteiger charge is 2.30. The SMILES string of the molecule is CN=C(NCCCCSC)NCc1cccc(C(F)(F)F)c1. The summed E-state index contributed by atoms with van der Waals surface area (Å²) in [5.41, 5.74) is -0.0630. The first-order valence-corrected chi connectivity index (χ1v) is 8.46. The number of hydrogen-bond acceptors (Lipinski definition) is 2. The predicted octanol–water partition coefficient (Wildman–Crippen LogP) is 3.51. The molecule has 0 heterocycles. The van der Waals surface area contributed by atoms with Crippen molar-refractivity contribution in [2.24, 2.45) is 4.99 Å². The second kappa shape index (κ2) is 9.61. The molecule has 1 aromatic carbocycles. The van der Waals surface area contributed by atoms with Crippen LogP contribution in [-0.4, -0.2) is 31.6 Å². The highest BCUT2D eigenvalue weighted by molar-refractivity contribution is 7.98. The number of nitrogens with zero attached hydrogens (tertiary/aromatic N) is 1. The molecule has 0 aliphatic rings. The lowest BCUT2D eigenvalue weighted by Crippen LogP contribution is -2.37. The fraction of sp³-hybridized carbons (Fsp3) is 0.533. The fourth-order valence-electron chi connectivity index (χ4n) is 1.84. The second-order valence-corrected chi connectivity index (χ2v) is 5.74. The number of thioether (sulfide) groups is 1. The second-order valence-electron chi connectivity index (χ2n) is 4.75. The highest BCUT2D eigenvalue weighted by Crippen LogP contribution is 2.29. The standard InChI is InChI=1S/C15H22F3N3S/c1-19-14(20-8-3-4-9-22-2)21-11-12-6-5-7-13(10-12)15(16,17)18/h5-7,10H,3-4,8-9,11H2,1-2H3,(H2,19,20,21). The lowest BCUT2D eigenvalue weighted by Gasteiger charge is -2.13. The van der Waals surface area contributed by atoms with Crippen LogP contribution < -0.4 is 10.6 Å². The molecule has 0 fully saturated rings. The van der Waals surface area contributed by atoms with E-state index in [2.05, 4.69) is 21.9 Å². The van der Waals surface area contributed by atoms with E-state index in [0.29, 0.717) is 18.1 Å². The van der Waals surface area contributed by atoms with Crippen LogP contribution in [0.25, 0.3) is 0 Å². The van der Waals surface area contributed by atoms with Gasteiger partial charge in [-0.1, -0.05) is 12.1 Å². The van der Waals surface area contributed by atoms with Crippen LogP contribution in [0.1, 0.15) is 24.0 Å². The van der Waals surface area contributed by atoms with Gasteiger partial charge in [-0.2, -0.15) is 24.9 Å². The topological polar surface area (TPSA) is 36.4 Å². The zero-order valence-electron chi connectivity index (χ0n) is 12.8. The number of rotatable bonds is 7. The molecule has 3 nitrogen and oxygen atoms in total. The Morgan fingerprint density at radius 3 is 2.64 bits per heavy atom. The van der Waals surface area contributed by atoms with Crippen LogP contribution in [-0.2, 0) is 12.7 Å². The quantitative estimate of drug-likeness (QED) is 0.455. The third kappa shape index (κ3) is 7.06. The van der Waals surface area contributed by atoms with Crippen LogP contribution >= 0.6 is 11.8 Å². The molecule has 22 heavy (non-hydrogen) atoms. The minimum absolute atomic E-state index is 0.300. The van der Waals surface area contributed by atoms with Crippen molar-refractivity contribution in [3.63, 3.8) is 0 Å². The van der Waals surface area contributed by atoms with Crippen LogP contribution in [0.3, 0.4) is 0 Å². The van der Waals surface area contributed by atoms with Gasteiger partial charge in [0.25, 0.3) is 0 Å². The number of aliphatic imine (C=N–C) groups is 1. The van der Waals surface area contributed by atoms with Crippen LogP contribution in [0.5, 0.6) is 0 Å². The van der Waals surface area contributed by atoms with E-state index in [1.54, 1.807) is 13.1 Å². The molecule has 1 aromatic rings. The van der Waals surface area contributed by atoms with Gasteiger partial charge in [0.05, 0.1) is 5.56 Å². The van der Waals surface area contributed by atoms with Gasteiger partial charge in [-0.15, -0.1) is 0 Å². The highest BCUT2D eigenvalue weighted by atomic mass is 32.2. The number of halogens is 3. The molecule has 0 aromatic heterocycles. The fourth-order valence-corrected chi connectivity index (χ4v) is 2.34. The monoisotopic (exact) mass is 333 g/mol. The van der Waals surface area contributed by atoms with E-state index in [1.807, 2.05) is 11.8 Å². The first-order valence-electron chi connectivity index (χ1n) is 7.07. The number of benzene rings is 1. The molecule has 0 amide bonds. The maximum absolute atomic E-state index is 12.6. The van der Waals surface area contributed by atoms with Crippen LogP contribution in [0.15, 0.2) is 29.3 Å². The molecule has 0 saturated heterocycles. The smallest absolute Gasteiger partial charge is 0.356 e. The Morgan fingerprint density at radius 2 is 2.00 bits per heavy atom. The van der Waals surface area contributed by atoms with Crippen molar-refractivity contribution < 1.29 is 13.2 Å². The Hall–Kier alpha value is -1.37. The first-order chi connectivity index (χ1) is 10.5. The van der Waals surface area contributed by atoms with Gasteiger partial charge >= 0.3 is 6.18 Å². The summed E-state index contributed by atoms with van der Waals surface area (Å²) in [5, 5.41) is 6.17. The van der Waals surface area contributed by atoms with E-state index >= 15 is 0 Å². The van der Waals surface area contributed by atoms with Crippen molar-refractivity contribution in [2.75, 3.05) is 25.6 Å². The minimum Gasteiger partial charge on any atom is -0.356 e. The Bertz CT molecular complexity index is 475. The Morgan fingerprint density at radius 1 is 1.23 bits per heavy atom. The Labute approximate surface area is 133 Å². The van der Waals surface area contributed by atoms with Crippen molar-refractivity contribution in [2.45, 2.75) is 25.6 Å². The van der Waals surface area contributed by atoms with Crippen molar-refractivity contribution in [1.29, 1.82) is 0 Å². The Balaban J connectivity index is 2.43. The zero-order chi connectivity index (χ0) is 16.4. The van der Waals surface area contributed by atoms with Gasteiger partial charge in [-0.3, -0.25) is 4.99 Å². The third-order valence-electron chi connectivity index (χ3n) is 3.01. The van der Waals surface area contributed by atoms with E-state index in [0.717, 1.165) is 37.3 Å². The molecule has 7 heteroatoms. The van der Waals surface area contributed by atoms with Gasteiger partial charge in [0.2, 0.25) is 0 Å². The van der Waals surface area contributed by atoms with Crippen LogP contribution in [0, 0.1) is 0 Å². The molecule has 1 rings (SSSR count). The molecule has 0 aliphatic carbocycles. The van der Waals surface area contributed by atoms with Crippen molar-refractivity contribution >= 4 is 17.7 Å². The first kappa shape index (κ1) is 18.7. The van der Waals surface area contributed by atoms with Gasteiger partial charge in [0.1, 0.15) is 0 Å². The summed E-state index contributed by atoms with van der Waals surface area (Å²) >= 11 is 1.81. The largest absolute Gasteiger partial charge is 0.416 e. The van der Waals surface area contributed by atoms with Gasteiger partial charge in [0.15, 0.2) is 5.96 Å².